The van der Waals surface area contributed by atoms with Gasteiger partial charge in [-0.15, -0.1) is 0 Å². The molecule has 0 aliphatic heterocycles. The lowest BCUT2D eigenvalue weighted by Crippen LogP contribution is -2.28. The molecule has 1 aliphatic carbocycles. The van der Waals surface area contributed by atoms with Gasteiger partial charge in [-0.1, -0.05) is 158 Å². The lowest BCUT2D eigenvalue weighted by atomic mass is 9.67. The molecular weight excluding hydrogens is 671 g/mol. The van der Waals surface area contributed by atoms with Gasteiger partial charge in [0.15, 0.2) is 5.82 Å². The maximum absolute atomic E-state index is 6.49. The van der Waals surface area contributed by atoms with Crippen LogP contribution in [0, 0.1) is 0 Å². The highest BCUT2D eigenvalue weighted by molar-refractivity contribution is 6.14. The van der Waals surface area contributed by atoms with E-state index < -0.39 is 5.41 Å². The number of nitrogens with zero attached hydrogens (tertiary/aromatic N) is 3. The number of aromatic nitrogens is 3. The SMILES string of the molecule is c1ccc(C2(c3ccccc3)c3ccccc3-c3c(-c4nc5c(nc4-n4c6ccccc6c6cc7ccccc7cc64)oc4ccccc45)cccc32)cc1. The number of benzene rings is 8. The van der Waals surface area contributed by atoms with Crippen molar-refractivity contribution in [2.24, 2.45) is 0 Å². The molecule has 0 fully saturated rings. The summed E-state index contributed by atoms with van der Waals surface area (Å²) >= 11 is 0. The summed E-state index contributed by atoms with van der Waals surface area (Å²) in [5, 5.41) is 5.65. The first-order valence-electron chi connectivity index (χ1n) is 18.8. The summed E-state index contributed by atoms with van der Waals surface area (Å²) in [5.74, 6) is 0.732. The van der Waals surface area contributed by atoms with Gasteiger partial charge in [-0.25, -0.2) is 4.98 Å². The fraction of sp³-hybridized carbons (Fsp3) is 0.0196. The van der Waals surface area contributed by atoms with Crippen LogP contribution in [0.4, 0.5) is 0 Å². The van der Waals surface area contributed by atoms with Crippen molar-refractivity contribution < 1.29 is 4.42 Å². The predicted molar refractivity (Wildman–Crippen MR) is 224 cm³/mol. The van der Waals surface area contributed by atoms with Crippen LogP contribution in [0.15, 0.2) is 192 Å². The Balaban J connectivity index is 1.25. The minimum atomic E-state index is -0.545. The van der Waals surface area contributed by atoms with Gasteiger partial charge in [-0.05, 0) is 74.5 Å². The molecule has 0 saturated carbocycles. The summed E-state index contributed by atoms with van der Waals surface area (Å²) in [6.07, 6.45) is 0. The van der Waals surface area contributed by atoms with Crippen molar-refractivity contribution in [3.63, 3.8) is 0 Å². The summed E-state index contributed by atoms with van der Waals surface area (Å²) in [6.45, 7) is 0. The number of hydrogen-bond donors (Lipinski definition) is 0. The molecule has 55 heavy (non-hydrogen) atoms. The topological polar surface area (TPSA) is 43.9 Å². The van der Waals surface area contributed by atoms with Crippen LogP contribution in [-0.2, 0) is 5.41 Å². The first-order valence-corrected chi connectivity index (χ1v) is 18.8. The summed E-state index contributed by atoms with van der Waals surface area (Å²) in [6, 6.07) is 67.4. The number of furan rings is 1. The van der Waals surface area contributed by atoms with Crippen LogP contribution in [0.5, 0.6) is 0 Å². The van der Waals surface area contributed by atoms with E-state index in [2.05, 4.69) is 174 Å². The van der Waals surface area contributed by atoms with E-state index in [-0.39, 0.29) is 0 Å². The molecule has 0 radical (unpaired) electrons. The van der Waals surface area contributed by atoms with Crippen molar-refractivity contribution >= 4 is 54.8 Å². The first-order chi connectivity index (χ1) is 27.3. The zero-order valence-electron chi connectivity index (χ0n) is 29.6. The highest BCUT2D eigenvalue weighted by Crippen LogP contribution is 2.58. The summed E-state index contributed by atoms with van der Waals surface area (Å²) < 4.78 is 8.79. The maximum atomic E-state index is 6.49. The number of para-hydroxylation sites is 2. The number of hydrogen-bond acceptors (Lipinski definition) is 3. The van der Waals surface area contributed by atoms with Crippen LogP contribution in [-0.4, -0.2) is 14.5 Å². The first kappa shape index (κ1) is 30.2. The van der Waals surface area contributed by atoms with Gasteiger partial charge >= 0.3 is 0 Å². The lowest BCUT2D eigenvalue weighted by molar-refractivity contribution is 0.652. The van der Waals surface area contributed by atoms with E-state index in [4.69, 9.17) is 14.4 Å². The molecular formula is C51H31N3O. The van der Waals surface area contributed by atoms with Crippen molar-refractivity contribution in [2.75, 3.05) is 0 Å². The van der Waals surface area contributed by atoms with E-state index >= 15 is 0 Å². The van der Waals surface area contributed by atoms with Gasteiger partial charge in [0.05, 0.1) is 16.4 Å². The average Bonchev–Trinajstić information content (AvgIpc) is 3.89. The number of rotatable bonds is 4. The second-order valence-electron chi connectivity index (χ2n) is 14.5. The molecule has 4 nitrogen and oxygen atoms in total. The third kappa shape index (κ3) is 4.11. The van der Waals surface area contributed by atoms with E-state index in [0.717, 1.165) is 50.0 Å². The molecule has 0 unspecified atom stereocenters. The van der Waals surface area contributed by atoms with E-state index in [1.165, 1.54) is 49.5 Å². The molecule has 11 aromatic rings. The normalized spacial score (nSPS) is 13.2. The zero-order valence-corrected chi connectivity index (χ0v) is 29.6. The smallest absolute Gasteiger partial charge is 0.248 e. The van der Waals surface area contributed by atoms with Gasteiger partial charge in [0.2, 0.25) is 5.71 Å². The van der Waals surface area contributed by atoms with Crippen molar-refractivity contribution in [1.82, 2.24) is 14.5 Å². The molecule has 12 rings (SSSR count). The molecule has 0 amide bonds. The minimum Gasteiger partial charge on any atom is -0.436 e. The van der Waals surface area contributed by atoms with Crippen LogP contribution in [0.2, 0.25) is 0 Å². The molecule has 4 heteroatoms. The van der Waals surface area contributed by atoms with Crippen LogP contribution in [0.3, 0.4) is 0 Å². The van der Waals surface area contributed by atoms with Gasteiger partial charge in [0, 0.05) is 21.7 Å². The maximum Gasteiger partial charge on any atom is 0.248 e. The highest BCUT2D eigenvalue weighted by Gasteiger charge is 2.47. The highest BCUT2D eigenvalue weighted by atomic mass is 16.3. The van der Waals surface area contributed by atoms with Crippen LogP contribution in [0.1, 0.15) is 22.3 Å². The van der Waals surface area contributed by atoms with E-state index in [1.807, 2.05) is 18.2 Å². The van der Waals surface area contributed by atoms with E-state index in [1.54, 1.807) is 0 Å². The monoisotopic (exact) mass is 701 g/mol. The Morgan fingerprint density at radius 1 is 0.455 bits per heavy atom. The molecule has 256 valence electrons. The molecule has 3 aromatic heterocycles. The summed E-state index contributed by atoms with van der Waals surface area (Å²) in [4.78, 5) is 11.1. The Kier molecular flexibility index (Phi) is 6.23. The molecule has 0 atom stereocenters. The zero-order chi connectivity index (χ0) is 36.1. The Labute approximate surface area is 316 Å². The molecule has 8 aromatic carbocycles. The Bertz CT molecular complexity index is 3280. The van der Waals surface area contributed by atoms with Gasteiger partial charge < -0.3 is 4.42 Å². The summed E-state index contributed by atoms with van der Waals surface area (Å²) in [7, 11) is 0. The van der Waals surface area contributed by atoms with Crippen molar-refractivity contribution in [3.8, 4) is 28.2 Å². The minimum absolute atomic E-state index is 0.516. The van der Waals surface area contributed by atoms with Gasteiger partial charge in [0.1, 0.15) is 16.8 Å². The molecule has 0 N–H and O–H groups in total. The van der Waals surface area contributed by atoms with E-state index in [9.17, 15) is 0 Å². The van der Waals surface area contributed by atoms with Gasteiger partial charge in [-0.2, -0.15) is 4.98 Å². The predicted octanol–water partition coefficient (Wildman–Crippen LogP) is 12.7. The fourth-order valence-corrected chi connectivity index (χ4v) is 9.42. The Morgan fingerprint density at radius 2 is 1.07 bits per heavy atom. The second-order valence-corrected chi connectivity index (χ2v) is 14.5. The molecule has 3 heterocycles. The van der Waals surface area contributed by atoms with Crippen molar-refractivity contribution in [1.29, 1.82) is 0 Å². The largest absolute Gasteiger partial charge is 0.436 e. The standard InChI is InChI=1S/C51H31N3O/c1-3-18-34(19-4-1)51(35-20-5-2-6-21-35)41-26-12-9-23-37(41)46-39(25-15-27-42(46)51)47-49(53-50-48(52-47)38-24-11-14-29-45(38)55-50)54-43-28-13-10-22-36(43)40-30-32-16-7-8-17-33(32)31-44(40)54/h1-31H. The van der Waals surface area contributed by atoms with Crippen LogP contribution < -0.4 is 0 Å². The lowest BCUT2D eigenvalue weighted by Gasteiger charge is -2.34. The second kappa shape index (κ2) is 11.3. The van der Waals surface area contributed by atoms with Crippen molar-refractivity contribution in [3.05, 3.63) is 210 Å². The Hall–Kier alpha value is -7.30. The quantitative estimate of drug-likeness (QED) is 0.183. The van der Waals surface area contributed by atoms with Crippen LogP contribution >= 0.6 is 0 Å². The fourth-order valence-electron chi connectivity index (χ4n) is 9.42. The summed E-state index contributed by atoms with van der Waals surface area (Å²) in [5.41, 5.74) is 12.7. The van der Waals surface area contributed by atoms with Crippen LogP contribution in [0.25, 0.3) is 83.0 Å². The van der Waals surface area contributed by atoms with Gasteiger partial charge in [0.25, 0.3) is 0 Å². The Morgan fingerprint density at radius 3 is 1.87 bits per heavy atom. The van der Waals surface area contributed by atoms with Crippen molar-refractivity contribution in [2.45, 2.75) is 5.41 Å². The molecule has 0 spiro atoms. The third-order valence-electron chi connectivity index (χ3n) is 11.7. The molecule has 0 saturated heterocycles. The average molecular weight is 702 g/mol. The van der Waals surface area contributed by atoms with E-state index in [0.29, 0.717) is 5.71 Å². The molecule has 1 aliphatic rings. The third-order valence-corrected chi connectivity index (χ3v) is 11.7. The number of fused-ring (bicyclic) bond motifs is 10. The van der Waals surface area contributed by atoms with Gasteiger partial charge in [-0.3, -0.25) is 4.57 Å². The molecule has 0 bridgehead atoms.